The maximum absolute atomic E-state index is 12.4. The molecule has 2 heterocycles. The zero-order valence-corrected chi connectivity index (χ0v) is 17.3. The molecule has 2 aliphatic heterocycles. The lowest BCUT2D eigenvalue weighted by molar-refractivity contribution is -0.274. The molecule has 0 bridgehead atoms. The fourth-order valence-electron chi connectivity index (χ4n) is 3.58. The Bertz CT molecular complexity index is 661. The molecule has 0 aliphatic carbocycles. The highest BCUT2D eigenvalue weighted by Gasteiger charge is 2.32. The van der Waals surface area contributed by atoms with E-state index in [0.717, 1.165) is 12.8 Å². The van der Waals surface area contributed by atoms with Crippen LogP contribution in [-0.4, -0.2) is 50.7 Å². The molecule has 1 aromatic carbocycles. The summed E-state index contributed by atoms with van der Waals surface area (Å²) in [6.07, 6.45) is -2.47. The van der Waals surface area contributed by atoms with Gasteiger partial charge in [-0.3, -0.25) is 4.79 Å². The summed E-state index contributed by atoms with van der Waals surface area (Å²) in [5.74, 6) is -0.315. The molecular formula is C18H26Cl2F3N3O3. The van der Waals surface area contributed by atoms with Crippen molar-refractivity contribution in [3.63, 3.8) is 0 Å². The number of benzene rings is 1. The number of nitrogens with one attached hydrogen (secondary N) is 1. The first-order valence-corrected chi connectivity index (χ1v) is 9.06. The number of rotatable bonds is 5. The SMILES string of the molecule is Cl.Cl.NC(C(=O)NC1CCN(c2cccc(OC(F)(F)F)c2)C1)C1CCOCC1. The largest absolute Gasteiger partial charge is 0.573 e. The molecule has 6 nitrogen and oxygen atoms in total. The van der Waals surface area contributed by atoms with Crippen LogP contribution in [0.25, 0.3) is 0 Å². The molecule has 1 amide bonds. The third kappa shape index (κ3) is 7.40. The molecule has 2 unspecified atom stereocenters. The zero-order chi connectivity index (χ0) is 19.4. The molecule has 166 valence electrons. The van der Waals surface area contributed by atoms with Gasteiger partial charge in [0.15, 0.2) is 0 Å². The van der Waals surface area contributed by atoms with E-state index in [1.807, 2.05) is 4.90 Å². The third-order valence-corrected chi connectivity index (χ3v) is 5.03. The fraction of sp³-hybridized carbons (Fsp3) is 0.611. The summed E-state index contributed by atoms with van der Waals surface area (Å²) in [4.78, 5) is 14.3. The van der Waals surface area contributed by atoms with Gasteiger partial charge in [0.25, 0.3) is 0 Å². The van der Waals surface area contributed by atoms with Crippen LogP contribution in [0.15, 0.2) is 24.3 Å². The van der Waals surface area contributed by atoms with Crippen molar-refractivity contribution in [3.05, 3.63) is 24.3 Å². The Kier molecular flexibility index (Phi) is 9.81. The highest BCUT2D eigenvalue weighted by molar-refractivity contribution is 5.85. The number of alkyl halides is 3. The Hall–Kier alpha value is -1.42. The quantitative estimate of drug-likeness (QED) is 0.707. The number of carbonyl (C=O) groups excluding carboxylic acids is 1. The van der Waals surface area contributed by atoms with E-state index in [-0.39, 0.29) is 48.4 Å². The van der Waals surface area contributed by atoms with Crippen molar-refractivity contribution in [1.82, 2.24) is 5.32 Å². The topological polar surface area (TPSA) is 76.8 Å². The second-order valence-electron chi connectivity index (χ2n) is 6.96. The molecule has 0 spiro atoms. The second-order valence-corrected chi connectivity index (χ2v) is 6.96. The zero-order valence-electron chi connectivity index (χ0n) is 15.7. The van der Waals surface area contributed by atoms with E-state index < -0.39 is 12.4 Å². The number of ether oxygens (including phenoxy) is 2. The minimum Gasteiger partial charge on any atom is -0.406 e. The van der Waals surface area contributed by atoms with Crippen molar-refractivity contribution >= 4 is 36.4 Å². The summed E-state index contributed by atoms with van der Waals surface area (Å²) in [7, 11) is 0. The summed E-state index contributed by atoms with van der Waals surface area (Å²) >= 11 is 0. The minimum absolute atomic E-state index is 0. The number of halogens is 5. The molecule has 0 aromatic heterocycles. The van der Waals surface area contributed by atoms with Crippen LogP contribution in [0, 0.1) is 5.92 Å². The van der Waals surface area contributed by atoms with Gasteiger partial charge in [-0.2, -0.15) is 0 Å². The molecule has 2 saturated heterocycles. The number of carbonyl (C=O) groups is 1. The van der Waals surface area contributed by atoms with E-state index >= 15 is 0 Å². The molecule has 29 heavy (non-hydrogen) atoms. The Balaban J connectivity index is 0.00000210. The van der Waals surface area contributed by atoms with E-state index in [1.54, 1.807) is 6.07 Å². The Morgan fingerprint density at radius 1 is 1.24 bits per heavy atom. The Morgan fingerprint density at radius 3 is 2.59 bits per heavy atom. The number of nitrogens with zero attached hydrogens (tertiary/aromatic N) is 1. The predicted octanol–water partition coefficient (Wildman–Crippen LogP) is 2.88. The lowest BCUT2D eigenvalue weighted by Gasteiger charge is -2.28. The Morgan fingerprint density at radius 2 is 1.93 bits per heavy atom. The fourth-order valence-corrected chi connectivity index (χ4v) is 3.58. The summed E-state index contributed by atoms with van der Waals surface area (Å²) < 4.78 is 46.4. The predicted molar refractivity (Wildman–Crippen MR) is 108 cm³/mol. The summed E-state index contributed by atoms with van der Waals surface area (Å²) in [5, 5.41) is 2.97. The number of nitrogens with two attached hydrogens (primary N) is 1. The average molecular weight is 460 g/mol. The first kappa shape index (κ1) is 25.6. The van der Waals surface area contributed by atoms with Crippen molar-refractivity contribution in [1.29, 1.82) is 0 Å². The number of hydrogen-bond donors (Lipinski definition) is 2. The number of hydrogen-bond acceptors (Lipinski definition) is 5. The van der Waals surface area contributed by atoms with Crippen LogP contribution in [0.2, 0.25) is 0 Å². The maximum Gasteiger partial charge on any atom is 0.573 e. The standard InChI is InChI=1S/C18H24F3N3O3.2ClH/c19-18(20,21)27-15-3-1-2-14(10-15)24-7-4-13(11-24)23-17(25)16(22)12-5-8-26-9-6-12;;/h1-3,10,12-13,16H,4-9,11,22H2,(H,23,25);2*1H. The van der Waals surface area contributed by atoms with Crippen LogP contribution in [0.3, 0.4) is 0 Å². The minimum atomic E-state index is -4.72. The van der Waals surface area contributed by atoms with Gasteiger partial charge >= 0.3 is 6.36 Å². The molecule has 3 N–H and O–H groups in total. The van der Waals surface area contributed by atoms with Gasteiger partial charge in [-0.05, 0) is 37.3 Å². The molecule has 1 aromatic rings. The lowest BCUT2D eigenvalue weighted by atomic mass is 9.91. The van der Waals surface area contributed by atoms with Crippen molar-refractivity contribution in [2.45, 2.75) is 37.7 Å². The molecule has 11 heteroatoms. The monoisotopic (exact) mass is 459 g/mol. The molecule has 2 fully saturated rings. The van der Waals surface area contributed by atoms with E-state index in [2.05, 4.69) is 10.1 Å². The first-order chi connectivity index (χ1) is 12.8. The van der Waals surface area contributed by atoms with Crippen molar-refractivity contribution in [3.8, 4) is 5.75 Å². The van der Waals surface area contributed by atoms with Crippen LogP contribution in [-0.2, 0) is 9.53 Å². The van der Waals surface area contributed by atoms with Crippen LogP contribution in [0.5, 0.6) is 5.75 Å². The van der Waals surface area contributed by atoms with Gasteiger partial charge in [0.2, 0.25) is 5.91 Å². The Labute approximate surface area is 180 Å². The first-order valence-electron chi connectivity index (χ1n) is 9.06. The third-order valence-electron chi connectivity index (χ3n) is 5.03. The van der Waals surface area contributed by atoms with Gasteiger partial charge in [0.1, 0.15) is 5.75 Å². The highest BCUT2D eigenvalue weighted by Crippen LogP contribution is 2.28. The molecule has 2 aliphatic rings. The van der Waals surface area contributed by atoms with Crippen LogP contribution >= 0.6 is 24.8 Å². The van der Waals surface area contributed by atoms with Crippen molar-refractivity contribution in [2.75, 3.05) is 31.2 Å². The van der Waals surface area contributed by atoms with Gasteiger partial charge in [-0.1, -0.05) is 6.07 Å². The van der Waals surface area contributed by atoms with E-state index in [0.29, 0.717) is 38.4 Å². The molecule has 3 rings (SSSR count). The van der Waals surface area contributed by atoms with Crippen LogP contribution in [0.1, 0.15) is 19.3 Å². The van der Waals surface area contributed by atoms with Gasteiger partial charge in [-0.25, -0.2) is 0 Å². The van der Waals surface area contributed by atoms with Gasteiger partial charge in [0.05, 0.1) is 6.04 Å². The molecule has 2 atom stereocenters. The van der Waals surface area contributed by atoms with Gasteiger partial charge < -0.3 is 25.4 Å². The van der Waals surface area contributed by atoms with Crippen molar-refractivity contribution in [2.24, 2.45) is 11.7 Å². The van der Waals surface area contributed by atoms with Crippen molar-refractivity contribution < 1.29 is 27.4 Å². The normalized spacial score (nSPS) is 21.0. The smallest absolute Gasteiger partial charge is 0.406 e. The summed E-state index contributed by atoms with van der Waals surface area (Å²) in [6.45, 7) is 2.40. The van der Waals surface area contributed by atoms with E-state index in [4.69, 9.17) is 10.5 Å². The van der Waals surface area contributed by atoms with Crippen LogP contribution in [0.4, 0.5) is 18.9 Å². The summed E-state index contributed by atoms with van der Waals surface area (Å²) in [5.41, 5.74) is 6.72. The number of amides is 1. The second kappa shape index (κ2) is 11.1. The number of anilines is 1. The van der Waals surface area contributed by atoms with E-state index in [9.17, 15) is 18.0 Å². The van der Waals surface area contributed by atoms with Gasteiger partial charge in [0, 0.05) is 44.1 Å². The highest BCUT2D eigenvalue weighted by atomic mass is 35.5. The maximum atomic E-state index is 12.4. The molecule has 0 radical (unpaired) electrons. The van der Waals surface area contributed by atoms with Crippen LogP contribution < -0.4 is 20.7 Å². The summed E-state index contributed by atoms with van der Waals surface area (Å²) in [6, 6.07) is 5.21. The molecule has 0 saturated carbocycles. The van der Waals surface area contributed by atoms with Gasteiger partial charge in [-0.15, -0.1) is 38.0 Å². The average Bonchev–Trinajstić information content (AvgIpc) is 3.09. The lowest BCUT2D eigenvalue weighted by Crippen LogP contribution is -2.50. The van der Waals surface area contributed by atoms with E-state index in [1.165, 1.54) is 18.2 Å². The molecular weight excluding hydrogens is 434 g/mol.